The quantitative estimate of drug-likeness (QED) is 0.304. The van der Waals surface area contributed by atoms with Crippen molar-refractivity contribution in [2.24, 2.45) is 0 Å². The first-order chi connectivity index (χ1) is 16.1. The van der Waals surface area contributed by atoms with Crippen molar-refractivity contribution in [1.29, 1.82) is 0 Å². The Hall–Kier alpha value is -3.52. The fourth-order valence-electron chi connectivity index (χ4n) is 3.92. The van der Waals surface area contributed by atoms with Gasteiger partial charge in [0.25, 0.3) is 5.56 Å². The second-order valence-electron chi connectivity index (χ2n) is 7.28. The smallest absolute Gasteiger partial charge is 0.337 e. The Bertz CT molecular complexity index is 1250. The van der Waals surface area contributed by atoms with E-state index in [-0.39, 0.29) is 12.2 Å². The predicted molar refractivity (Wildman–Crippen MR) is 130 cm³/mol. The van der Waals surface area contributed by atoms with Gasteiger partial charge in [-0.3, -0.25) is 4.79 Å². The molecule has 3 aromatic rings. The van der Waals surface area contributed by atoms with E-state index >= 15 is 0 Å². The molecule has 0 saturated carbocycles. The molecule has 1 aromatic heterocycles. The van der Waals surface area contributed by atoms with E-state index in [9.17, 15) is 9.59 Å². The molecule has 0 radical (unpaired) electrons. The lowest BCUT2D eigenvalue weighted by Crippen LogP contribution is -2.31. The predicted octanol–water partition coefficient (Wildman–Crippen LogP) is 4.42. The second-order valence-corrected chi connectivity index (χ2v) is 8.53. The van der Waals surface area contributed by atoms with Crippen molar-refractivity contribution in [3.63, 3.8) is 0 Å². The van der Waals surface area contributed by atoms with Crippen LogP contribution in [-0.2, 0) is 9.53 Å². The fraction of sp³-hybridized carbons (Fsp3) is 0.240. The number of carbonyl (C=O) groups excluding carboxylic acids is 1. The number of carbonyl (C=O) groups is 1. The van der Waals surface area contributed by atoms with Crippen LogP contribution in [0.3, 0.4) is 0 Å². The lowest BCUT2D eigenvalue weighted by Gasteiger charge is -2.30. The molecule has 170 valence electrons. The number of H-pyrrole nitrogens is 1. The summed E-state index contributed by atoms with van der Waals surface area (Å²) in [6.45, 7) is 3.96. The van der Waals surface area contributed by atoms with Gasteiger partial charge in [-0.2, -0.15) is 0 Å². The van der Waals surface area contributed by atoms with Crippen molar-refractivity contribution in [2.75, 3.05) is 24.8 Å². The van der Waals surface area contributed by atoms with Gasteiger partial charge in [0.05, 0.1) is 36.5 Å². The fourth-order valence-corrected chi connectivity index (χ4v) is 4.51. The zero-order valence-corrected chi connectivity index (χ0v) is 19.5. The first-order valence-corrected chi connectivity index (χ1v) is 11.7. The molecule has 0 saturated heterocycles. The van der Waals surface area contributed by atoms with E-state index < -0.39 is 11.9 Å². The SMILES string of the molecule is CCOC(=O)C1=C(c2ccccc2)Nc2nc(SCC)[nH]c(=O)c2C1c1cccc(OC)c1. The number of anilines is 1. The lowest BCUT2D eigenvalue weighted by molar-refractivity contribution is -0.138. The molecule has 0 spiro atoms. The van der Waals surface area contributed by atoms with Gasteiger partial charge in [0, 0.05) is 0 Å². The second kappa shape index (κ2) is 9.95. The number of benzene rings is 2. The Kier molecular flexibility index (Phi) is 6.84. The van der Waals surface area contributed by atoms with E-state index in [0.717, 1.165) is 16.9 Å². The molecule has 4 rings (SSSR count). The molecule has 0 amide bonds. The largest absolute Gasteiger partial charge is 0.497 e. The van der Waals surface area contributed by atoms with Crippen LogP contribution in [0, 0.1) is 0 Å². The highest BCUT2D eigenvalue weighted by molar-refractivity contribution is 7.99. The summed E-state index contributed by atoms with van der Waals surface area (Å²) < 4.78 is 10.9. The van der Waals surface area contributed by atoms with E-state index in [1.54, 1.807) is 14.0 Å². The summed E-state index contributed by atoms with van der Waals surface area (Å²) >= 11 is 1.44. The Balaban J connectivity index is 2.04. The minimum absolute atomic E-state index is 0.211. The minimum atomic E-state index is -0.692. The summed E-state index contributed by atoms with van der Waals surface area (Å²) in [5.74, 6) is 0.626. The summed E-state index contributed by atoms with van der Waals surface area (Å²) in [6, 6.07) is 16.9. The average Bonchev–Trinajstić information content (AvgIpc) is 2.83. The Labute approximate surface area is 196 Å². The Morgan fingerprint density at radius 2 is 1.91 bits per heavy atom. The van der Waals surface area contributed by atoms with Crippen LogP contribution in [0.5, 0.6) is 5.75 Å². The molecule has 1 unspecified atom stereocenters. The molecule has 2 aromatic carbocycles. The monoisotopic (exact) mass is 463 g/mol. The normalized spacial score (nSPS) is 14.9. The van der Waals surface area contributed by atoms with Gasteiger partial charge in [0.2, 0.25) is 0 Å². The van der Waals surface area contributed by atoms with Crippen LogP contribution in [-0.4, -0.2) is 35.4 Å². The topological polar surface area (TPSA) is 93.3 Å². The maximum absolute atomic E-state index is 13.3. The Morgan fingerprint density at radius 3 is 2.61 bits per heavy atom. The zero-order valence-electron chi connectivity index (χ0n) is 18.7. The molecule has 1 aliphatic rings. The van der Waals surface area contributed by atoms with Crippen LogP contribution in [0.25, 0.3) is 5.70 Å². The van der Waals surface area contributed by atoms with Crippen LogP contribution in [0.15, 0.2) is 70.1 Å². The summed E-state index contributed by atoms with van der Waals surface area (Å²) in [7, 11) is 1.58. The molecular weight excluding hydrogens is 438 g/mol. The van der Waals surface area contributed by atoms with Gasteiger partial charge in [-0.15, -0.1) is 0 Å². The number of hydrogen-bond acceptors (Lipinski definition) is 7. The highest BCUT2D eigenvalue weighted by Crippen LogP contribution is 2.43. The molecule has 33 heavy (non-hydrogen) atoms. The highest BCUT2D eigenvalue weighted by Gasteiger charge is 2.38. The van der Waals surface area contributed by atoms with E-state index in [1.807, 2.05) is 61.5 Å². The summed E-state index contributed by atoms with van der Waals surface area (Å²) in [5.41, 5.74) is 2.52. The summed E-state index contributed by atoms with van der Waals surface area (Å²) in [5, 5.41) is 3.79. The molecule has 2 N–H and O–H groups in total. The highest BCUT2D eigenvalue weighted by atomic mass is 32.2. The van der Waals surface area contributed by atoms with Gasteiger partial charge in [0.1, 0.15) is 11.6 Å². The average molecular weight is 464 g/mol. The lowest BCUT2D eigenvalue weighted by atomic mass is 9.81. The third kappa shape index (κ3) is 4.52. The van der Waals surface area contributed by atoms with E-state index in [1.165, 1.54) is 11.8 Å². The number of thioether (sulfide) groups is 1. The van der Waals surface area contributed by atoms with Gasteiger partial charge in [-0.25, -0.2) is 9.78 Å². The van der Waals surface area contributed by atoms with Crippen molar-refractivity contribution >= 4 is 29.2 Å². The third-order valence-corrected chi connectivity index (χ3v) is 6.05. The molecule has 2 heterocycles. The zero-order chi connectivity index (χ0) is 23.4. The van der Waals surface area contributed by atoms with Gasteiger partial charge >= 0.3 is 5.97 Å². The standard InChI is InChI=1S/C25H25N3O4S/c1-4-32-24(30)19-18(16-12-9-13-17(14-16)31-3)20-22(27-25(33-5-2)28-23(20)29)26-21(19)15-10-7-6-8-11-15/h6-14,18H,4-5H2,1-3H3,(H2,26,27,28,29). The number of fused-ring (bicyclic) bond motifs is 1. The van der Waals surface area contributed by atoms with Gasteiger partial charge in [-0.05, 0) is 35.9 Å². The van der Waals surface area contributed by atoms with Crippen LogP contribution < -0.4 is 15.6 Å². The van der Waals surface area contributed by atoms with Crippen LogP contribution >= 0.6 is 11.8 Å². The molecule has 0 fully saturated rings. The first-order valence-electron chi connectivity index (χ1n) is 10.7. The number of esters is 1. The van der Waals surface area contributed by atoms with Crippen molar-refractivity contribution in [1.82, 2.24) is 9.97 Å². The molecular formula is C25H25N3O4S. The number of aromatic nitrogens is 2. The molecule has 8 heteroatoms. The molecule has 1 atom stereocenters. The minimum Gasteiger partial charge on any atom is -0.497 e. The molecule has 7 nitrogen and oxygen atoms in total. The van der Waals surface area contributed by atoms with Gasteiger partial charge in [-0.1, -0.05) is 61.2 Å². The van der Waals surface area contributed by atoms with Crippen LogP contribution in [0.4, 0.5) is 5.82 Å². The molecule has 1 aliphatic heterocycles. The van der Waals surface area contributed by atoms with Crippen LogP contribution in [0.2, 0.25) is 0 Å². The Morgan fingerprint density at radius 1 is 1.12 bits per heavy atom. The van der Waals surface area contributed by atoms with Crippen molar-refractivity contribution < 1.29 is 14.3 Å². The molecule has 0 bridgehead atoms. The number of nitrogens with one attached hydrogen (secondary N) is 2. The maximum Gasteiger partial charge on any atom is 0.337 e. The molecule has 0 aliphatic carbocycles. The maximum atomic E-state index is 13.3. The number of hydrogen-bond donors (Lipinski definition) is 2. The summed E-state index contributed by atoms with van der Waals surface area (Å²) in [4.78, 5) is 34.2. The number of ether oxygens (including phenoxy) is 2. The number of aromatic amines is 1. The summed E-state index contributed by atoms with van der Waals surface area (Å²) in [6.07, 6.45) is 0. The van der Waals surface area contributed by atoms with E-state index in [2.05, 4.69) is 15.3 Å². The van der Waals surface area contributed by atoms with Crippen molar-refractivity contribution in [3.8, 4) is 5.75 Å². The van der Waals surface area contributed by atoms with E-state index in [0.29, 0.717) is 33.6 Å². The third-order valence-electron chi connectivity index (χ3n) is 5.29. The number of nitrogens with zero attached hydrogens (tertiary/aromatic N) is 1. The number of methoxy groups -OCH3 is 1. The first kappa shape index (κ1) is 22.7. The van der Waals surface area contributed by atoms with Gasteiger partial charge < -0.3 is 19.8 Å². The van der Waals surface area contributed by atoms with Crippen molar-refractivity contribution in [3.05, 3.63) is 87.2 Å². The van der Waals surface area contributed by atoms with Crippen molar-refractivity contribution in [2.45, 2.75) is 24.9 Å². The van der Waals surface area contributed by atoms with Crippen LogP contribution in [0.1, 0.15) is 36.5 Å². The number of rotatable bonds is 7. The van der Waals surface area contributed by atoms with Gasteiger partial charge in [0.15, 0.2) is 5.16 Å². The van der Waals surface area contributed by atoms with E-state index in [4.69, 9.17) is 9.47 Å².